The van der Waals surface area contributed by atoms with Gasteiger partial charge in [-0.05, 0) is 30.4 Å². The normalized spacial score (nSPS) is 10.3. The van der Waals surface area contributed by atoms with Gasteiger partial charge in [0.05, 0.1) is 0 Å². The largest absolute Gasteiger partial charge is 0.352 e. The summed E-state index contributed by atoms with van der Waals surface area (Å²) in [5.41, 5.74) is 3.01. The molecule has 0 fully saturated rings. The predicted molar refractivity (Wildman–Crippen MR) is 93.5 cm³/mol. The molecule has 1 N–H and O–H groups in total. The highest BCUT2D eigenvalue weighted by Gasteiger charge is 2.10. The maximum absolute atomic E-state index is 12.1. The van der Waals surface area contributed by atoms with Crippen molar-refractivity contribution in [3.8, 4) is 0 Å². The molecule has 2 aromatic rings. The molecule has 5 heteroatoms. The first kappa shape index (κ1) is 17.2. The first-order valence-corrected chi connectivity index (χ1v) is 8.60. The Balaban J connectivity index is 1.67. The van der Waals surface area contributed by atoms with Crippen LogP contribution in [0.15, 0.2) is 41.1 Å². The van der Waals surface area contributed by atoms with Crippen LogP contribution in [-0.4, -0.2) is 30.3 Å². The molecule has 23 heavy (non-hydrogen) atoms. The van der Waals surface area contributed by atoms with Crippen molar-refractivity contribution < 1.29 is 9.59 Å². The number of hydrogen-bond acceptors (Lipinski definition) is 3. The van der Waals surface area contributed by atoms with E-state index in [1.807, 2.05) is 49.0 Å². The van der Waals surface area contributed by atoms with Gasteiger partial charge in [-0.2, -0.15) is 11.3 Å². The second-order valence-electron chi connectivity index (χ2n) is 5.61. The molecule has 0 aliphatic rings. The SMILES string of the molecule is Cc1ccc(CN(C)C(=O)CCCNC(=O)c2ccsc2)cc1. The lowest BCUT2D eigenvalue weighted by atomic mass is 10.1. The smallest absolute Gasteiger partial charge is 0.252 e. The molecule has 4 nitrogen and oxygen atoms in total. The third kappa shape index (κ3) is 5.53. The molecule has 0 saturated heterocycles. The van der Waals surface area contributed by atoms with E-state index in [1.165, 1.54) is 16.9 Å². The van der Waals surface area contributed by atoms with Gasteiger partial charge in [0, 0.05) is 37.5 Å². The third-order valence-corrected chi connectivity index (χ3v) is 4.29. The van der Waals surface area contributed by atoms with Gasteiger partial charge in [0.2, 0.25) is 5.91 Å². The van der Waals surface area contributed by atoms with Gasteiger partial charge in [-0.25, -0.2) is 0 Å². The highest BCUT2D eigenvalue weighted by atomic mass is 32.1. The summed E-state index contributed by atoms with van der Waals surface area (Å²) in [5.74, 6) is 0.0158. The predicted octanol–water partition coefficient (Wildman–Crippen LogP) is 3.23. The van der Waals surface area contributed by atoms with E-state index in [1.54, 1.807) is 11.0 Å². The maximum atomic E-state index is 12.1. The molecule has 1 aromatic carbocycles. The monoisotopic (exact) mass is 330 g/mol. The number of aryl methyl sites for hydroxylation is 1. The molecular weight excluding hydrogens is 308 g/mol. The van der Waals surface area contributed by atoms with Crippen LogP contribution >= 0.6 is 11.3 Å². The van der Waals surface area contributed by atoms with E-state index in [2.05, 4.69) is 5.32 Å². The first-order valence-electron chi connectivity index (χ1n) is 7.66. The third-order valence-electron chi connectivity index (χ3n) is 3.60. The van der Waals surface area contributed by atoms with Crippen LogP contribution in [0.3, 0.4) is 0 Å². The summed E-state index contributed by atoms with van der Waals surface area (Å²) in [6.07, 6.45) is 1.08. The molecule has 0 spiro atoms. The van der Waals surface area contributed by atoms with E-state index >= 15 is 0 Å². The Morgan fingerprint density at radius 3 is 2.57 bits per heavy atom. The molecule has 2 rings (SSSR count). The number of thiophene rings is 1. The molecule has 0 bridgehead atoms. The van der Waals surface area contributed by atoms with E-state index < -0.39 is 0 Å². The summed E-state index contributed by atoms with van der Waals surface area (Å²) >= 11 is 1.50. The van der Waals surface area contributed by atoms with Crippen molar-refractivity contribution >= 4 is 23.2 Å². The van der Waals surface area contributed by atoms with Crippen LogP contribution in [0, 0.1) is 6.92 Å². The molecule has 0 aliphatic carbocycles. The van der Waals surface area contributed by atoms with Gasteiger partial charge in [0.15, 0.2) is 0 Å². The maximum Gasteiger partial charge on any atom is 0.252 e. The molecule has 0 atom stereocenters. The van der Waals surface area contributed by atoms with Gasteiger partial charge < -0.3 is 10.2 Å². The quantitative estimate of drug-likeness (QED) is 0.793. The highest BCUT2D eigenvalue weighted by molar-refractivity contribution is 7.08. The minimum atomic E-state index is -0.0771. The minimum absolute atomic E-state index is 0.0771. The zero-order valence-electron chi connectivity index (χ0n) is 13.5. The Labute approximate surface area is 141 Å². The van der Waals surface area contributed by atoms with Gasteiger partial charge in [-0.1, -0.05) is 29.8 Å². The number of nitrogens with one attached hydrogen (secondary N) is 1. The highest BCUT2D eigenvalue weighted by Crippen LogP contribution is 2.08. The standard InChI is InChI=1S/C18H22N2O2S/c1-14-5-7-15(8-6-14)12-20(2)17(21)4-3-10-19-18(22)16-9-11-23-13-16/h5-9,11,13H,3-4,10,12H2,1-2H3,(H,19,22). The zero-order valence-corrected chi connectivity index (χ0v) is 14.4. The van der Waals surface area contributed by atoms with E-state index in [-0.39, 0.29) is 11.8 Å². The topological polar surface area (TPSA) is 49.4 Å². The van der Waals surface area contributed by atoms with Crippen LogP contribution in [-0.2, 0) is 11.3 Å². The zero-order chi connectivity index (χ0) is 16.7. The first-order chi connectivity index (χ1) is 11.1. The molecule has 2 amide bonds. The second kappa shape index (κ2) is 8.48. The molecular formula is C18H22N2O2S. The molecule has 0 unspecified atom stereocenters. The van der Waals surface area contributed by atoms with Gasteiger partial charge in [0.25, 0.3) is 5.91 Å². The molecule has 0 saturated carbocycles. The van der Waals surface area contributed by atoms with Crippen molar-refractivity contribution in [2.24, 2.45) is 0 Å². The summed E-state index contributed by atoms with van der Waals surface area (Å²) in [5, 5.41) is 6.52. The van der Waals surface area contributed by atoms with Crippen LogP contribution in [0.25, 0.3) is 0 Å². The lowest BCUT2D eigenvalue weighted by Crippen LogP contribution is -2.28. The van der Waals surface area contributed by atoms with E-state index in [9.17, 15) is 9.59 Å². The Morgan fingerprint density at radius 2 is 1.91 bits per heavy atom. The number of rotatable bonds is 7. The number of carbonyl (C=O) groups is 2. The van der Waals surface area contributed by atoms with Crippen LogP contribution < -0.4 is 5.32 Å². The number of carbonyl (C=O) groups excluding carboxylic acids is 2. The Kier molecular flexibility index (Phi) is 6.35. The Bertz CT molecular complexity index is 636. The molecule has 1 heterocycles. The van der Waals surface area contributed by atoms with Crippen molar-refractivity contribution in [3.05, 3.63) is 57.8 Å². The number of benzene rings is 1. The van der Waals surface area contributed by atoms with Crippen LogP contribution in [0.1, 0.15) is 34.3 Å². The van der Waals surface area contributed by atoms with Crippen LogP contribution in [0.5, 0.6) is 0 Å². The molecule has 0 radical (unpaired) electrons. The van der Waals surface area contributed by atoms with Crippen molar-refractivity contribution in [1.29, 1.82) is 0 Å². The Hall–Kier alpha value is -2.14. The summed E-state index contributed by atoms with van der Waals surface area (Å²) in [6, 6.07) is 9.97. The van der Waals surface area contributed by atoms with Gasteiger partial charge in [-0.3, -0.25) is 9.59 Å². The van der Waals surface area contributed by atoms with Crippen molar-refractivity contribution in [1.82, 2.24) is 10.2 Å². The summed E-state index contributed by atoms with van der Waals surface area (Å²) in [6.45, 7) is 3.17. The molecule has 0 aliphatic heterocycles. The van der Waals surface area contributed by atoms with Gasteiger partial charge in [0.1, 0.15) is 0 Å². The fraction of sp³-hybridized carbons (Fsp3) is 0.333. The van der Waals surface area contributed by atoms with E-state index in [4.69, 9.17) is 0 Å². The van der Waals surface area contributed by atoms with Crippen molar-refractivity contribution in [2.45, 2.75) is 26.3 Å². The summed E-state index contributed by atoms with van der Waals surface area (Å²) < 4.78 is 0. The van der Waals surface area contributed by atoms with Gasteiger partial charge >= 0.3 is 0 Å². The van der Waals surface area contributed by atoms with Crippen LogP contribution in [0.2, 0.25) is 0 Å². The lowest BCUT2D eigenvalue weighted by Gasteiger charge is -2.17. The second-order valence-corrected chi connectivity index (χ2v) is 6.39. The number of hydrogen-bond donors (Lipinski definition) is 1. The van der Waals surface area contributed by atoms with Crippen molar-refractivity contribution in [3.63, 3.8) is 0 Å². The van der Waals surface area contributed by atoms with Gasteiger partial charge in [-0.15, -0.1) is 0 Å². The average molecular weight is 330 g/mol. The Morgan fingerprint density at radius 1 is 1.17 bits per heavy atom. The molecule has 122 valence electrons. The van der Waals surface area contributed by atoms with Crippen molar-refractivity contribution in [2.75, 3.05) is 13.6 Å². The lowest BCUT2D eigenvalue weighted by molar-refractivity contribution is -0.130. The fourth-order valence-corrected chi connectivity index (χ4v) is 2.82. The summed E-state index contributed by atoms with van der Waals surface area (Å²) in [7, 11) is 1.81. The van der Waals surface area contributed by atoms with E-state index in [0.717, 1.165) is 5.56 Å². The average Bonchev–Trinajstić information content (AvgIpc) is 3.07. The van der Waals surface area contributed by atoms with Crippen LogP contribution in [0.4, 0.5) is 0 Å². The summed E-state index contributed by atoms with van der Waals surface area (Å²) in [4.78, 5) is 25.6. The van der Waals surface area contributed by atoms with E-state index in [0.29, 0.717) is 31.5 Å². The molecule has 1 aromatic heterocycles. The minimum Gasteiger partial charge on any atom is -0.352 e. The number of amides is 2. The fourth-order valence-electron chi connectivity index (χ4n) is 2.18. The number of nitrogens with zero attached hydrogens (tertiary/aromatic N) is 1.